The first kappa shape index (κ1) is 16.7. The molecule has 1 heterocycles. The third-order valence-electron chi connectivity index (χ3n) is 3.04. The average Bonchev–Trinajstić information content (AvgIpc) is 2.46. The summed E-state index contributed by atoms with van der Waals surface area (Å²) in [6, 6.07) is 4.40. The van der Waals surface area contributed by atoms with Crippen molar-refractivity contribution in [2.45, 2.75) is 6.61 Å². The number of hydrogen-bond acceptors (Lipinski definition) is 6. The van der Waals surface area contributed by atoms with Gasteiger partial charge in [0.2, 0.25) is 0 Å². The normalized spacial score (nSPS) is 21.0. The van der Waals surface area contributed by atoms with Gasteiger partial charge in [0, 0.05) is 29.5 Å². The van der Waals surface area contributed by atoms with Crippen molar-refractivity contribution in [3.63, 3.8) is 0 Å². The highest BCUT2D eigenvalue weighted by atomic mass is 35.5. The highest BCUT2D eigenvalue weighted by molar-refractivity contribution is 7.64. The van der Waals surface area contributed by atoms with Crippen molar-refractivity contribution >= 4 is 42.6 Å². The van der Waals surface area contributed by atoms with Gasteiger partial charge in [0.1, 0.15) is 6.61 Å². The zero-order valence-corrected chi connectivity index (χ0v) is 13.4. The molecule has 0 aromatic heterocycles. The minimum atomic E-state index is -3.10. The van der Waals surface area contributed by atoms with E-state index in [1.54, 1.807) is 10.7 Å². The molecular weight excluding hydrogens is 340 g/mol. The van der Waals surface area contributed by atoms with Gasteiger partial charge in [-0.15, -0.1) is 27.9 Å². The Balaban J connectivity index is 2.26. The highest BCUT2D eigenvalue weighted by Gasteiger charge is 2.50. The van der Waals surface area contributed by atoms with E-state index in [0.29, 0.717) is 30.5 Å². The number of fused-ring (bicyclic) bond motifs is 1. The smallest absolute Gasteiger partial charge is 0.258 e. The summed E-state index contributed by atoms with van der Waals surface area (Å²) < 4.78 is 7.20. The molecule has 0 bridgehead atoms. The predicted molar refractivity (Wildman–Crippen MR) is 83.7 cm³/mol. The average molecular weight is 355 g/mol. The van der Waals surface area contributed by atoms with Crippen LogP contribution in [-0.2, 0) is 11.1 Å². The molecule has 21 heavy (non-hydrogen) atoms. The second kappa shape index (κ2) is 7.05. The van der Waals surface area contributed by atoms with E-state index in [4.69, 9.17) is 27.7 Å². The minimum Gasteiger partial charge on any atom is -0.258 e. The molecule has 0 fully saturated rings. The number of rotatable bonds is 6. The molecule has 0 radical (unpaired) electrons. The third kappa shape index (κ3) is 3.74. The van der Waals surface area contributed by atoms with E-state index < -0.39 is 12.9 Å². The molecule has 2 rings (SSSR count). The molecule has 0 saturated carbocycles. The molecule has 1 aromatic rings. The maximum atomic E-state index is 10.8. The molecule has 1 aliphatic rings. The van der Waals surface area contributed by atoms with E-state index in [0.717, 1.165) is 5.56 Å². The zero-order chi connectivity index (χ0) is 15.5. The van der Waals surface area contributed by atoms with E-state index >= 15 is 0 Å². The van der Waals surface area contributed by atoms with E-state index in [1.807, 2.05) is 0 Å². The number of nitro benzene ring substituents is 1. The Morgan fingerprint density at radius 3 is 2.67 bits per heavy atom. The molecule has 0 saturated heterocycles. The summed E-state index contributed by atoms with van der Waals surface area (Å²) >= 11 is 11.5. The number of hydrogen-bond donors (Lipinski definition) is 2. The summed E-state index contributed by atoms with van der Waals surface area (Å²) in [6.07, 6.45) is 0. The van der Waals surface area contributed by atoms with Crippen molar-refractivity contribution in [1.82, 2.24) is 4.67 Å². The lowest BCUT2D eigenvalue weighted by atomic mass is 10.2. The van der Waals surface area contributed by atoms with E-state index in [2.05, 4.69) is 5.09 Å². The van der Waals surface area contributed by atoms with Crippen molar-refractivity contribution in [3.8, 4) is 0 Å². The lowest BCUT2D eigenvalue weighted by Crippen LogP contribution is -2.34. The number of non-ortho nitro benzene ring substituents is 1. The topological polar surface area (TPSA) is 87.9 Å². The Bertz CT molecular complexity index is 530. The van der Waals surface area contributed by atoms with Gasteiger partial charge < -0.3 is 0 Å². The first-order chi connectivity index (χ1) is 10.00. The first-order valence-electron chi connectivity index (χ1n) is 6.19. The summed E-state index contributed by atoms with van der Waals surface area (Å²) in [5, 5.41) is 13.7. The van der Waals surface area contributed by atoms with Crippen LogP contribution in [-0.4, -0.2) is 39.3 Å². The van der Waals surface area contributed by atoms with Crippen LogP contribution in [0.5, 0.6) is 0 Å². The molecule has 0 spiro atoms. The quantitative estimate of drug-likeness (QED) is 0.353. The Morgan fingerprint density at radius 1 is 1.43 bits per heavy atom. The molecule has 10 heteroatoms. The molecule has 2 N–H and O–H groups in total. The second-order valence-electron chi connectivity index (χ2n) is 4.36. The first-order valence-corrected chi connectivity index (χ1v) is 8.87. The van der Waals surface area contributed by atoms with Gasteiger partial charge in [0.15, 0.2) is 0 Å². The number of nitro groups is 1. The van der Waals surface area contributed by atoms with Gasteiger partial charge in [-0.05, 0) is 6.07 Å². The molecule has 1 unspecified atom stereocenters. The van der Waals surface area contributed by atoms with Crippen LogP contribution in [0.3, 0.4) is 0 Å². The standard InChI is InChI=1S/C11H15Cl2N3O4P/c12-3-5-15(6-4-13)21(19)14-11-7-10(16(17)18)2-1-9(11)8-20-21/h1-2,7,14,19H,3-6,8H2/q+1. The van der Waals surface area contributed by atoms with E-state index in [-0.39, 0.29) is 12.3 Å². The fourth-order valence-electron chi connectivity index (χ4n) is 1.99. The fourth-order valence-corrected chi connectivity index (χ4v) is 4.58. The van der Waals surface area contributed by atoms with Crippen molar-refractivity contribution in [1.29, 1.82) is 0 Å². The van der Waals surface area contributed by atoms with Gasteiger partial charge in [0.05, 0.1) is 23.7 Å². The summed E-state index contributed by atoms with van der Waals surface area (Å²) in [4.78, 5) is 21.0. The lowest BCUT2D eigenvalue weighted by molar-refractivity contribution is -0.384. The molecular formula is C11H15Cl2N3O4P+. The van der Waals surface area contributed by atoms with Crippen LogP contribution in [0.1, 0.15) is 5.56 Å². The number of nitrogens with one attached hydrogen (secondary N) is 1. The molecule has 1 aliphatic heterocycles. The van der Waals surface area contributed by atoms with Crippen LogP contribution in [0.2, 0.25) is 0 Å². The van der Waals surface area contributed by atoms with Gasteiger partial charge in [-0.3, -0.25) is 10.1 Å². The van der Waals surface area contributed by atoms with Crippen molar-refractivity contribution in [2.75, 3.05) is 29.9 Å². The van der Waals surface area contributed by atoms with E-state index in [9.17, 15) is 15.0 Å². The number of nitrogens with zero attached hydrogens (tertiary/aromatic N) is 2. The highest BCUT2D eigenvalue weighted by Crippen LogP contribution is 2.61. The van der Waals surface area contributed by atoms with Crippen molar-refractivity contribution < 1.29 is 14.3 Å². The van der Waals surface area contributed by atoms with Gasteiger partial charge in [-0.2, -0.15) is 14.5 Å². The van der Waals surface area contributed by atoms with Gasteiger partial charge in [-0.25, -0.2) is 0 Å². The van der Waals surface area contributed by atoms with Crippen molar-refractivity contribution in [3.05, 3.63) is 33.9 Å². The summed E-state index contributed by atoms with van der Waals surface area (Å²) in [5.41, 5.74) is 1.21. The summed E-state index contributed by atoms with van der Waals surface area (Å²) in [5.74, 6) is 0.623. The maximum Gasteiger partial charge on any atom is 0.457 e. The Kier molecular flexibility index (Phi) is 5.60. The Morgan fingerprint density at radius 2 is 2.10 bits per heavy atom. The van der Waals surface area contributed by atoms with Gasteiger partial charge >= 0.3 is 8.02 Å². The maximum absolute atomic E-state index is 10.8. The van der Waals surface area contributed by atoms with Crippen LogP contribution in [0.15, 0.2) is 18.2 Å². The molecule has 0 amide bonds. The third-order valence-corrected chi connectivity index (χ3v) is 5.57. The predicted octanol–water partition coefficient (Wildman–Crippen LogP) is 2.99. The Labute approximate surface area is 132 Å². The lowest BCUT2D eigenvalue weighted by Gasteiger charge is -2.31. The largest absolute Gasteiger partial charge is 0.457 e. The zero-order valence-electron chi connectivity index (χ0n) is 11.0. The van der Waals surface area contributed by atoms with Gasteiger partial charge in [0.25, 0.3) is 5.69 Å². The Hall–Kier alpha value is -0.690. The molecule has 1 atom stereocenters. The SMILES string of the molecule is O=[N+]([O-])c1ccc2c(c1)N[P+](O)(N(CCCl)CCCl)OC2. The van der Waals surface area contributed by atoms with Crippen LogP contribution < -0.4 is 5.09 Å². The number of benzene rings is 1. The number of anilines is 1. The second-order valence-corrected chi connectivity index (χ2v) is 7.25. The van der Waals surface area contributed by atoms with Crippen molar-refractivity contribution in [2.24, 2.45) is 0 Å². The van der Waals surface area contributed by atoms with Gasteiger partial charge in [-0.1, -0.05) is 0 Å². The number of alkyl halides is 2. The van der Waals surface area contributed by atoms with Crippen LogP contribution in [0.25, 0.3) is 0 Å². The van der Waals surface area contributed by atoms with Crippen LogP contribution in [0.4, 0.5) is 11.4 Å². The molecule has 7 nitrogen and oxygen atoms in total. The summed E-state index contributed by atoms with van der Waals surface area (Å²) in [6.45, 7) is 0.970. The molecule has 1 aromatic carbocycles. The monoisotopic (exact) mass is 354 g/mol. The molecule has 116 valence electrons. The number of halogens is 2. The van der Waals surface area contributed by atoms with E-state index in [1.165, 1.54) is 12.1 Å². The summed E-state index contributed by atoms with van der Waals surface area (Å²) in [7, 11) is -3.10. The van der Waals surface area contributed by atoms with Crippen LogP contribution >= 0.6 is 31.2 Å². The fraction of sp³-hybridized carbons (Fsp3) is 0.455. The minimum absolute atomic E-state index is 0.0454. The molecule has 0 aliphatic carbocycles. The van der Waals surface area contributed by atoms with Crippen LogP contribution in [0, 0.1) is 10.1 Å².